The van der Waals surface area contributed by atoms with Crippen LogP contribution in [0.3, 0.4) is 0 Å². The molecular weight excluding hydrogens is 260 g/mol. The van der Waals surface area contributed by atoms with E-state index < -0.39 is 0 Å². The Labute approximate surface area is 109 Å². The van der Waals surface area contributed by atoms with Crippen molar-refractivity contribution in [3.8, 4) is 0 Å². The Morgan fingerprint density at radius 1 is 1.19 bits per heavy atom. The fourth-order valence-corrected chi connectivity index (χ4v) is 2.49. The van der Waals surface area contributed by atoms with Crippen LogP contribution in [0.15, 0.2) is 24.3 Å². The summed E-state index contributed by atoms with van der Waals surface area (Å²) in [7, 11) is 0. The number of halogens is 1. The highest BCUT2D eigenvalue weighted by Crippen LogP contribution is 2.21. The van der Waals surface area contributed by atoms with Gasteiger partial charge in [0.05, 0.1) is 0 Å². The molecule has 0 aliphatic carbocycles. The fraction of sp³-hybridized carbons (Fsp3) is 0.600. The predicted octanol–water partition coefficient (Wildman–Crippen LogP) is 4.98. The number of aryl methyl sites for hydroxylation is 1. The average molecular weight is 283 g/mol. The summed E-state index contributed by atoms with van der Waals surface area (Å²) in [4.78, 5) is 0. The number of alkyl halides is 1. The molecule has 1 rings (SSSR count). The summed E-state index contributed by atoms with van der Waals surface area (Å²) in [5, 5.41) is 1.12. The quantitative estimate of drug-likeness (QED) is 0.645. The summed E-state index contributed by atoms with van der Waals surface area (Å²) < 4.78 is 0. The van der Waals surface area contributed by atoms with E-state index in [0.29, 0.717) is 0 Å². The molecule has 1 aromatic rings. The lowest BCUT2D eigenvalue weighted by molar-refractivity contribution is 0.410. The van der Waals surface area contributed by atoms with Crippen molar-refractivity contribution < 1.29 is 0 Å². The molecule has 2 atom stereocenters. The number of benzene rings is 1. The standard InChI is InChI=1S/C15H23Br/c1-4-12(2)9-15(11-16)10-14-7-5-13(3)6-8-14/h5-8,12,15H,4,9-11H2,1-3H3. The third-order valence-corrected chi connectivity index (χ3v) is 4.21. The molecule has 0 aromatic heterocycles. The molecule has 0 fully saturated rings. The summed E-state index contributed by atoms with van der Waals surface area (Å²) in [5.41, 5.74) is 2.82. The van der Waals surface area contributed by atoms with E-state index >= 15 is 0 Å². The molecule has 0 radical (unpaired) electrons. The van der Waals surface area contributed by atoms with Crippen molar-refractivity contribution in [3.63, 3.8) is 0 Å². The number of hydrogen-bond acceptors (Lipinski definition) is 0. The Hall–Kier alpha value is -0.300. The fourth-order valence-electron chi connectivity index (χ4n) is 1.99. The van der Waals surface area contributed by atoms with Crippen molar-refractivity contribution >= 4 is 15.9 Å². The zero-order valence-electron chi connectivity index (χ0n) is 10.7. The van der Waals surface area contributed by atoms with Gasteiger partial charge in [0.15, 0.2) is 0 Å². The minimum Gasteiger partial charge on any atom is -0.0925 e. The maximum absolute atomic E-state index is 3.65. The molecule has 0 spiro atoms. The molecule has 0 saturated carbocycles. The largest absolute Gasteiger partial charge is 0.0925 e. The first-order chi connectivity index (χ1) is 7.65. The van der Waals surface area contributed by atoms with E-state index in [0.717, 1.165) is 17.2 Å². The lowest BCUT2D eigenvalue weighted by atomic mass is 9.90. The van der Waals surface area contributed by atoms with E-state index in [-0.39, 0.29) is 0 Å². The van der Waals surface area contributed by atoms with Crippen LogP contribution in [0.4, 0.5) is 0 Å². The van der Waals surface area contributed by atoms with Gasteiger partial charge in [0.25, 0.3) is 0 Å². The van der Waals surface area contributed by atoms with Gasteiger partial charge >= 0.3 is 0 Å². The Balaban J connectivity index is 2.52. The van der Waals surface area contributed by atoms with Crippen LogP contribution < -0.4 is 0 Å². The first-order valence-electron chi connectivity index (χ1n) is 6.27. The second kappa shape index (κ2) is 7.11. The normalized spacial score (nSPS) is 14.8. The van der Waals surface area contributed by atoms with E-state index in [4.69, 9.17) is 0 Å². The monoisotopic (exact) mass is 282 g/mol. The number of rotatable bonds is 6. The van der Waals surface area contributed by atoms with E-state index in [9.17, 15) is 0 Å². The van der Waals surface area contributed by atoms with Crippen LogP contribution in [-0.4, -0.2) is 5.33 Å². The van der Waals surface area contributed by atoms with Gasteiger partial charge in [-0.15, -0.1) is 0 Å². The molecule has 0 saturated heterocycles. The second-order valence-corrected chi connectivity index (χ2v) is 5.61. The van der Waals surface area contributed by atoms with Gasteiger partial charge in [-0.1, -0.05) is 66.0 Å². The minimum atomic E-state index is 0.776. The molecule has 0 N–H and O–H groups in total. The molecule has 0 aliphatic rings. The van der Waals surface area contributed by atoms with Gasteiger partial charge in [0.1, 0.15) is 0 Å². The first kappa shape index (κ1) is 13.8. The Bertz CT molecular complexity index is 289. The van der Waals surface area contributed by atoms with Crippen molar-refractivity contribution in [1.29, 1.82) is 0 Å². The molecule has 0 heterocycles. The molecule has 0 aliphatic heterocycles. The van der Waals surface area contributed by atoms with E-state index in [1.165, 1.54) is 30.4 Å². The Morgan fingerprint density at radius 3 is 2.31 bits per heavy atom. The number of hydrogen-bond donors (Lipinski definition) is 0. The molecule has 2 unspecified atom stereocenters. The maximum Gasteiger partial charge on any atom is 0.00629 e. The molecule has 0 bridgehead atoms. The minimum absolute atomic E-state index is 0.776. The second-order valence-electron chi connectivity index (χ2n) is 4.96. The van der Waals surface area contributed by atoms with Gasteiger partial charge in [0.2, 0.25) is 0 Å². The summed E-state index contributed by atoms with van der Waals surface area (Å²) in [5.74, 6) is 1.62. The topological polar surface area (TPSA) is 0 Å². The zero-order valence-corrected chi connectivity index (χ0v) is 12.3. The summed E-state index contributed by atoms with van der Waals surface area (Å²) in [6.07, 6.45) is 3.82. The Kier molecular flexibility index (Phi) is 6.12. The van der Waals surface area contributed by atoms with Gasteiger partial charge in [-0.3, -0.25) is 0 Å². The smallest absolute Gasteiger partial charge is 0.00629 e. The molecule has 0 amide bonds. The van der Waals surface area contributed by atoms with Crippen LogP contribution in [0.2, 0.25) is 0 Å². The SMILES string of the molecule is CCC(C)CC(CBr)Cc1ccc(C)cc1. The van der Waals surface area contributed by atoms with E-state index in [2.05, 4.69) is 61.0 Å². The van der Waals surface area contributed by atoms with Gasteiger partial charge in [-0.05, 0) is 37.2 Å². The molecular formula is C15H23Br. The van der Waals surface area contributed by atoms with Crippen LogP contribution in [0.5, 0.6) is 0 Å². The third kappa shape index (κ3) is 4.69. The molecule has 0 nitrogen and oxygen atoms in total. The van der Waals surface area contributed by atoms with Crippen LogP contribution in [0.25, 0.3) is 0 Å². The Morgan fingerprint density at radius 2 is 1.81 bits per heavy atom. The van der Waals surface area contributed by atoms with Crippen molar-refractivity contribution in [2.75, 3.05) is 5.33 Å². The summed E-state index contributed by atoms with van der Waals surface area (Å²) >= 11 is 3.65. The molecule has 1 aromatic carbocycles. The summed E-state index contributed by atoms with van der Waals surface area (Å²) in [6.45, 7) is 6.78. The molecule has 1 heteroatoms. The summed E-state index contributed by atoms with van der Waals surface area (Å²) in [6, 6.07) is 8.96. The first-order valence-corrected chi connectivity index (χ1v) is 7.39. The van der Waals surface area contributed by atoms with Gasteiger partial charge in [-0.25, -0.2) is 0 Å². The highest BCUT2D eigenvalue weighted by molar-refractivity contribution is 9.09. The van der Waals surface area contributed by atoms with Crippen LogP contribution in [-0.2, 0) is 6.42 Å². The third-order valence-electron chi connectivity index (χ3n) is 3.30. The lowest BCUT2D eigenvalue weighted by Gasteiger charge is -2.18. The van der Waals surface area contributed by atoms with Crippen molar-refractivity contribution in [1.82, 2.24) is 0 Å². The van der Waals surface area contributed by atoms with Gasteiger partial charge < -0.3 is 0 Å². The highest BCUT2D eigenvalue weighted by atomic mass is 79.9. The van der Waals surface area contributed by atoms with Gasteiger partial charge in [-0.2, -0.15) is 0 Å². The zero-order chi connectivity index (χ0) is 12.0. The predicted molar refractivity (Wildman–Crippen MR) is 76.2 cm³/mol. The van der Waals surface area contributed by atoms with Crippen LogP contribution in [0, 0.1) is 18.8 Å². The molecule has 16 heavy (non-hydrogen) atoms. The van der Waals surface area contributed by atoms with E-state index in [1.807, 2.05) is 0 Å². The van der Waals surface area contributed by atoms with Gasteiger partial charge in [0, 0.05) is 5.33 Å². The highest BCUT2D eigenvalue weighted by Gasteiger charge is 2.11. The van der Waals surface area contributed by atoms with E-state index in [1.54, 1.807) is 0 Å². The lowest BCUT2D eigenvalue weighted by Crippen LogP contribution is -2.10. The van der Waals surface area contributed by atoms with Crippen LogP contribution in [0.1, 0.15) is 37.8 Å². The van der Waals surface area contributed by atoms with Crippen molar-refractivity contribution in [2.45, 2.75) is 40.0 Å². The van der Waals surface area contributed by atoms with Crippen molar-refractivity contribution in [3.05, 3.63) is 35.4 Å². The van der Waals surface area contributed by atoms with Crippen molar-refractivity contribution in [2.24, 2.45) is 11.8 Å². The average Bonchev–Trinajstić information content (AvgIpc) is 2.30. The molecule has 90 valence electrons. The van der Waals surface area contributed by atoms with Crippen LogP contribution >= 0.6 is 15.9 Å². The maximum atomic E-state index is 3.65.